The molecular formula is C21H22BrP. The van der Waals surface area contributed by atoms with Crippen molar-refractivity contribution in [1.82, 2.24) is 0 Å². The Morgan fingerprint density at radius 3 is 1.17 bits per heavy atom. The van der Waals surface area contributed by atoms with E-state index >= 15 is 0 Å². The Morgan fingerprint density at radius 2 is 0.913 bits per heavy atom. The third-order valence-electron chi connectivity index (χ3n) is 4.53. The maximum absolute atomic E-state index is 4.41. The van der Waals surface area contributed by atoms with E-state index in [1.54, 1.807) is 0 Å². The van der Waals surface area contributed by atoms with Crippen LogP contribution in [0, 0.1) is 0 Å². The topological polar surface area (TPSA) is 0 Å². The minimum atomic E-state index is -2.62. The summed E-state index contributed by atoms with van der Waals surface area (Å²) in [4.78, 5) is 0. The first kappa shape index (κ1) is 16.4. The SMILES string of the molecule is CCCP(Br)(c1ccccc1)(c1ccccc1)c1ccccc1. The predicted octanol–water partition coefficient (Wildman–Crippen LogP) is 5.24. The molecule has 2 heteroatoms. The van der Waals surface area contributed by atoms with Gasteiger partial charge in [0.15, 0.2) is 0 Å². The van der Waals surface area contributed by atoms with Crippen molar-refractivity contribution in [3.05, 3.63) is 91.0 Å². The van der Waals surface area contributed by atoms with Gasteiger partial charge in [-0.25, -0.2) is 0 Å². The van der Waals surface area contributed by atoms with Gasteiger partial charge in [0, 0.05) is 0 Å². The van der Waals surface area contributed by atoms with Crippen LogP contribution in [0.2, 0.25) is 0 Å². The molecule has 3 aromatic carbocycles. The van der Waals surface area contributed by atoms with E-state index < -0.39 is 5.31 Å². The molecule has 0 nitrogen and oxygen atoms in total. The van der Waals surface area contributed by atoms with Gasteiger partial charge in [-0.05, 0) is 0 Å². The van der Waals surface area contributed by atoms with Gasteiger partial charge in [-0.3, -0.25) is 0 Å². The number of hydrogen-bond acceptors (Lipinski definition) is 0. The molecule has 118 valence electrons. The first-order valence-corrected chi connectivity index (χ1v) is 12.5. The second-order valence-corrected chi connectivity index (χ2v) is 15.0. The van der Waals surface area contributed by atoms with Crippen LogP contribution in [0.15, 0.2) is 91.0 Å². The van der Waals surface area contributed by atoms with Gasteiger partial charge in [0.05, 0.1) is 0 Å². The molecule has 0 spiro atoms. The second-order valence-electron chi connectivity index (χ2n) is 5.91. The van der Waals surface area contributed by atoms with Gasteiger partial charge < -0.3 is 0 Å². The number of rotatable bonds is 5. The summed E-state index contributed by atoms with van der Waals surface area (Å²) in [6.07, 6.45) is 2.24. The summed E-state index contributed by atoms with van der Waals surface area (Å²) >= 11 is 4.41. The molecule has 0 fully saturated rings. The van der Waals surface area contributed by atoms with E-state index in [1.165, 1.54) is 15.9 Å². The molecule has 0 heterocycles. The Morgan fingerprint density at radius 1 is 0.609 bits per heavy atom. The summed E-state index contributed by atoms with van der Waals surface area (Å²) in [5.74, 6) is 0. The summed E-state index contributed by atoms with van der Waals surface area (Å²) in [5.41, 5.74) is 0. The van der Waals surface area contributed by atoms with Crippen LogP contribution in [0.5, 0.6) is 0 Å². The second kappa shape index (κ2) is 6.59. The normalized spacial score (nSPS) is 13.2. The van der Waals surface area contributed by atoms with E-state index in [-0.39, 0.29) is 0 Å². The van der Waals surface area contributed by atoms with E-state index in [4.69, 9.17) is 0 Å². The Kier molecular flexibility index (Phi) is 4.71. The molecule has 23 heavy (non-hydrogen) atoms. The van der Waals surface area contributed by atoms with Crippen molar-refractivity contribution in [2.24, 2.45) is 0 Å². The van der Waals surface area contributed by atoms with Gasteiger partial charge in [-0.1, -0.05) is 0 Å². The van der Waals surface area contributed by atoms with Crippen molar-refractivity contribution in [2.75, 3.05) is 6.16 Å². The summed E-state index contributed by atoms with van der Waals surface area (Å²) in [5, 5.41) is 1.59. The van der Waals surface area contributed by atoms with Crippen LogP contribution >= 0.6 is 20.8 Å². The van der Waals surface area contributed by atoms with Gasteiger partial charge in [0.1, 0.15) is 0 Å². The van der Waals surface area contributed by atoms with Gasteiger partial charge in [-0.15, -0.1) is 0 Å². The molecule has 0 aromatic heterocycles. The van der Waals surface area contributed by atoms with E-state index in [1.807, 2.05) is 0 Å². The minimum absolute atomic E-state index is 1.11. The molecule has 0 bridgehead atoms. The third-order valence-corrected chi connectivity index (χ3v) is 14.7. The molecule has 3 rings (SSSR count). The standard InChI is InChI=1S/C21H22BrP/c1-2-18-23(22,19-12-6-3-7-13-19,20-14-8-4-9-15-20)21-16-10-5-11-17-21/h3-17H,2,18H2,1H3. The van der Waals surface area contributed by atoms with E-state index in [2.05, 4.69) is 113 Å². The molecule has 0 N–H and O–H groups in total. The average Bonchev–Trinajstić information content (AvgIpc) is 2.64. The fourth-order valence-corrected chi connectivity index (χ4v) is 11.6. The number of benzene rings is 3. The summed E-state index contributed by atoms with van der Waals surface area (Å²) in [6, 6.07) is 32.9. The van der Waals surface area contributed by atoms with Crippen molar-refractivity contribution in [3.63, 3.8) is 0 Å². The van der Waals surface area contributed by atoms with Gasteiger partial charge in [0.2, 0.25) is 0 Å². The molecule has 0 radical (unpaired) electrons. The van der Waals surface area contributed by atoms with Crippen LogP contribution in [-0.4, -0.2) is 6.16 Å². The van der Waals surface area contributed by atoms with Crippen molar-refractivity contribution < 1.29 is 0 Å². The van der Waals surface area contributed by atoms with Crippen molar-refractivity contribution in [1.29, 1.82) is 0 Å². The number of hydrogen-bond donors (Lipinski definition) is 0. The fourth-order valence-electron chi connectivity index (χ4n) is 3.47. The van der Waals surface area contributed by atoms with Gasteiger partial charge in [0.25, 0.3) is 0 Å². The van der Waals surface area contributed by atoms with E-state index in [0.717, 1.165) is 12.6 Å². The summed E-state index contributed by atoms with van der Waals surface area (Å²) < 4.78 is 0. The van der Waals surface area contributed by atoms with E-state index in [9.17, 15) is 0 Å². The Hall–Kier alpha value is -1.43. The quantitative estimate of drug-likeness (QED) is 0.527. The van der Waals surface area contributed by atoms with Crippen molar-refractivity contribution in [3.8, 4) is 0 Å². The zero-order valence-electron chi connectivity index (χ0n) is 13.4. The van der Waals surface area contributed by atoms with Crippen molar-refractivity contribution >= 4 is 36.7 Å². The molecule has 0 unspecified atom stereocenters. The maximum atomic E-state index is 4.41. The Labute approximate surface area is 147 Å². The van der Waals surface area contributed by atoms with Crippen LogP contribution in [0.3, 0.4) is 0 Å². The van der Waals surface area contributed by atoms with Crippen LogP contribution in [0.4, 0.5) is 0 Å². The molecule has 0 aliphatic heterocycles. The van der Waals surface area contributed by atoms with Gasteiger partial charge in [-0.2, -0.15) is 0 Å². The van der Waals surface area contributed by atoms with Crippen molar-refractivity contribution in [2.45, 2.75) is 13.3 Å². The van der Waals surface area contributed by atoms with Crippen LogP contribution in [0.1, 0.15) is 13.3 Å². The van der Waals surface area contributed by atoms with Crippen LogP contribution in [0.25, 0.3) is 0 Å². The zero-order valence-corrected chi connectivity index (χ0v) is 15.9. The molecule has 3 aromatic rings. The van der Waals surface area contributed by atoms with Crippen LogP contribution in [-0.2, 0) is 0 Å². The molecule has 0 atom stereocenters. The summed E-state index contributed by atoms with van der Waals surface area (Å²) in [6.45, 7) is 2.28. The van der Waals surface area contributed by atoms with Crippen LogP contribution < -0.4 is 15.9 Å². The Balaban J connectivity index is 2.41. The van der Waals surface area contributed by atoms with Gasteiger partial charge >= 0.3 is 147 Å². The monoisotopic (exact) mass is 384 g/mol. The molecule has 0 aliphatic rings. The third kappa shape index (κ3) is 2.67. The molecular weight excluding hydrogens is 363 g/mol. The molecule has 0 aliphatic carbocycles. The molecule has 0 saturated carbocycles. The first-order valence-electron chi connectivity index (χ1n) is 8.10. The predicted molar refractivity (Wildman–Crippen MR) is 109 cm³/mol. The summed E-state index contributed by atoms with van der Waals surface area (Å²) in [7, 11) is 0. The first-order chi connectivity index (χ1) is 11.2. The molecule has 0 amide bonds. The Bertz CT molecular complexity index is 654. The molecule has 0 saturated heterocycles. The fraction of sp³-hybridized carbons (Fsp3) is 0.143. The zero-order chi connectivity index (χ0) is 16.2. The average molecular weight is 385 g/mol. The van der Waals surface area contributed by atoms with E-state index in [0.29, 0.717) is 0 Å². The number of halogens is 1.